The van der Waals surface area contributed by atoms with Crippen molar-refractivity contribution in [1.29, 1.82) is 0 Å². The van der Waals surface area contributed by atoms with Crippen LogP contribution in [0.2, 0.25) is 0 Å². The minimum absolute atomic E-state index is 0.0920. The van der Waals surface area contributed by atoms with Gasteiger partial charge >= 0.3 is 5.97 Å². The van der Waals surface area contributed by atoms with Crippen molar-refractivity contribution < 1.29 is 27.1 Å². The third-order valence-electron chi connectivity index (χ3n) is 5.67. The van der Waals surface area contributed by atoms with E-state index in [4.69, 9.17) is 4.74 Å². The van der Waals surface area contributed by atoms with Gasteiger partial charge in [-0.2, -0.15) is 4.99 Å². The fraction of sp³-hybridized carbons (Fsp3) is 0.222. The van der Waals surface area contributed by atoms with Crippen molar-refractivity contribution in [3.63, 3.8) is 0 Å². The molecular weight excluding hydrogens is 529 g/mol. The Balaban J connectivity index is 1.63. The van der Waals surface area contributed by atoms with Crippen molar-refractivity contribution in [2.75, 3.05) is 11.3 Å². The second-order valence-corrected chi connectivity index (χ2v) is 11.4. The van der Waals surface area contributed by atoms with Gasteiger partial charge in [0.05, 0.1) is 21.7 Å². The van der Waals surface area contributed by atoms with Crippen LogP contribution in [-0.2, 0) is 26.1 Å². The van der Waals surface area contributed by atoms with E-state index in [1.165, 1.54) is 35.6 Å². The lowest BCUT2D eigenvalue weighted by atomic mass is 10.0. The zero-order valence-electron chi connectivity index (χ0n) is 21.0. The Labute approximate surface area is 223 Å². The molecule has 0 bridgehead atoms. The Morgan fingerprint density at radius 2 is 1.74 bits per heavy atom. The molecule has 0 saturated carbocycles. The number of thiazole rings is 1. The minimum Gasteiger partial charge on any atom is -0.465 e. The molecule has 0 spiro atoms. The maximum absolute atomic E-state index is 13.1. The molecule has 1 heterocycles. The highest BCUT2D eigenvalue weighted by Crippen LogP contribution is 2.24. The average Bonchev–Trinajstić information content (AvgIpc) is 3.20. The second-order valence-electron chi connectivity index (χ2n) is 8.71. The maximum Gasteiger partial charge on any atom is 0.326 e. The Hall–Kier alpha value is -3.83. The number of nitrogens with zero attached hydrogens (tertiary/aromatic N) is 2. The number of benzene rings is 3. The number of aromatic nitrogens is 1. The van der Waals surface area contributed by atoms with Gasteiger partial charge in [0.25, 0.3) is 15.9 Å². The molecule has 0 radical (unpaired) electrons. The highest BCUT2D eigenvalue weighted by molar-refractivity contribution is 7.92. The lowest BCUT2D eigenvalue weighted by Crippen LogP contribution is -2.23. The summed E-state index contributed by atoms with van der Waals surface area (Å²) in [5, 5.41) is 0. The molecule has 4 aromatic rings. The van der Waals surface area contributed by atoms with Gasteiger partial charge in [0, 0.05) is 11.3 Å². The van der Waals surface area contributed by atoms with Gasteiger partial charge < -0.3 is 9.30 Å². The van der Waals surface area contributed by atoms with Crippen LogP contribution in [0, 0.1) is 5.82 Å². The van der Waals surface area contributed by atoms with Crippen molar-refractivity contribution >= 4 is 49.1 Å². The van der Waals surface area contributed by atoms with Crippen molar-refractivity contribution in [3.8, 4) is 0 Å². The van der Waals surface area contributed by atoms with Gasteiger partial charge in [-0.25, -0.2) is 12.8 Å². The number of anilines is 1. The molecule has 0 atom stereocenters. The molecule has 8 nitrogen and oxygen atoms in total. The Bertz CT molecular complexity index is 1660. The summed E-state index contributed by atoms with van der Waals surface area (Å²) in [6.07, 6.45) is 0. The molecule has 0 fully saturated rings. The molecule has 1 N–H and O–H groups in total. The molecule has 0 unspecified atom stereocenters. The van der Waals surface area contributed by atoms with Crippen molar-refractivity contribution in [3.05, 3.63) is 88.5 Å². The van der Waals surface area contributed by atoms with E-state index in [1.807, 2.05) is 18.2 Å². The summed E-state index contributed by atoms with van der Waals surface area (Å²) in [4.78, 5) is 29.8. The van der Waals surface area contributed by atoms with Crippen LogP contribution >= 0.6 is 11.3 Å². The number of halogens is 1. The van der Waals surface area contributed by atoms with Crippen molar-refractivity contribution in [2.24, 2.45) is 4.99 Å². The second kappa shape index (κ2) is 11.3. The summed E-state index contributed by atoms with van der Waals surface area (Å²) in [5.41, 5.74) is 2.35. The first-order valence-corrected chi connectivity index (χ1v) is 14.1. The third kappa shape index (κ3) is 6.17. The van der Waals surface area contributed by atoms with Gasteiger partial charge in [-0.15, -0.1) is 0 Å². The first-order chi connectivity index (χ1) is 18.1. The summed E-state index contributed by atoms with van der Waals surface area (Å²) < 4.78 is 48.3. The van der Waals surface area contributed by atoms with Gasteiger partial charge in [-0.3, -0.25) is 14.3 Å². The number of esters is 1. The van der Waals surface area contributed by atoms with E-state index in [0.29, 0.717) is 10.7 Å². The predicted octanol–water partition coefficient (Wildman–Crippen LogP) is 5.07. The molecule has 0 aliphatic heterocycles. The van der Waals surface area contributed by atoms with Gasteiger partial charge in [-0.1, -0.05) is 31.3 Å². The fourth-order valence-corrected chi connectivity index (χ4v) is 5.82. The summed E-state index contributed by atoms with van der Waals surface area (Å²) in [6.45, 7) is 6.04. The summed E-state index contributed by atoms with van der Waals surface area (Å²) in [7, 11) is -3.93. The molecule has 0 saturated heterocycles. The number of fused-ring (bicyclic) bond motifs is 1. The molecule has 1 amide bonds. The van der Waals surface area contributed by atoms with Crippen LogP contribution in [0.3, 0.4) is 0 Å². The molecule has 4 rings (SSSR count). The highest BCUT2D eigenvalue weighted by atomic mass is 32.2. The number of ether oxygens (including phenoxy) is 1. The highest BCUT2D eigenvalue weighted by Gasteiger charge is 2.16. The monoisotopic (exact) mass is 555 g/mol. The first-order valence-electron chi connectivity index (χ1n) is 11.8. The summed E-state index contributed by atoms with van der Waals surface area (Å²) >= 11 is 1.30. The quantitative estimate of drug-likeness (QED) is 0.306. The van der Waals surface area contributed by atoms with Gasteiger partial charge in [0.1, 0.15) is 12.4 Å². The topological polar surface area (TPSA) is 107 Å². The number of nitrogens with one attached hydrogen (secondary N) is 1. The van der Waals surface area contributed by atoms with Crippen LogP contribution in [0.1, 0.15) is 42.6 Å². The predicted molar refractivity (Wildman–Crippen MR) is 144 cm³/mol. The number of rotatable bonds is 8. The Morgan fingerprint density at radius 1 is 1.05 bits per heavy atom. The van der Waals surface area contributed by atoms with Crippen LogP contribution in [0.15, 0.2) is 76.6 Å². The number of hydrogen-bond acceptors (Lipinski definition) is 6. The van der Waals surface area contributed by atoms with Crippen LogP contribution in [0.4, 0.5) is 10.1 Å². The fourth-order valence-electron chi connectivity index (χ4n) is 3.68. The number of hydrogen-bond donors (Lipinski definition) is 1. The maximum atomic E-state index is 13.1. The molecule has 1 aromatic heterocycles. The van der Waals surface area contributed by atoms with E-state index in [9.17, 15) is 22.4 Å². The largest absolute Gasteiger partial charge is 0.465 e. The van der Waals surface area contributed by atoms with E-state index in [-0.39, 0.29) is 29.3 Å². The number of carbonyl (C=O) groups excluding carboxylic acids is 2. The summed E-state index contributed by atoms with van der Waals surface area (Å²) in [5.74, 6) is -1.22. The lowest BCUT2D eigenvalue weighted by Gasteiger charge is -2.08. The molecule has 198 valence electrons. The van der Waals surface area contributed by atoms with Crippen molar-refractivity contribution in [2.45, 2.75) is 38.1 Å². The van der Waals surface area contributed by atoms with E-state index in [1.54, 1.807) is 11.5 Å². The van der Waals surface area contributed by atoms with E-state index in [0.717, 1.165) is 40.0 Å². The van der Waals surface area contributed by atoms with Crippen LogP contribution in [0.5, 0.6) is 0 Å². The zero-order chi connectivity index (χ0) is 27.4. The smallest absolute Gasteiger partial charge is 0.326 e. The van der Waals surface area contributed by atoms with Crippen molar-refractivity contribution in [1.82, 2.24) is 4.57 Å². The Kier molecular flexibility index (Phi) is 8.08. The summed E-state index contributed by atoms with van der Waals surface area (Å²) in [6, 6.07) is 16.1. The van der Waals surface area contributed by atoms with Crippen LogP contribution < -0.4 is 9.52 Å². The first kappa shape index (κ1) is 27.2. The van der Waals surface area contributed by atoms with Gasteiger partial charge in [-0.05, 0) is 79.1 Å². The number of sulfonamides is 1. The molecular formula is C27H26FN3O5S2. The molecule has 11 heteroatoms. The average molecular weight is 556 g/mol. The minimum atomic E-state index is -3.93. The van der Waals surface area contributed by atoms with Gasteiger partial charge in [0.2, 0.25) is 0 Å². The molecule has 0 aliphatic carbocycles. The number of amides is 1. The lowest BCUT2D eigenvalue weighted by molar-refractivity contribution is -0.143. The van der Waals surface area contributed by atoms with E-state index in [2.05, 4.69) is 23.6 Å². The number of carbonyl (C=O) groups is 2. The normalized spacial score (nSPS) is 12.2. The van der Waals surface area contributed by atoms with E-state index >= 15 is 0 Å². The Morgan fingerprint density at radius 3 is 2.37 bits per heavy atom. The van der Waals surface area contributed by atoms with E-state index < -0.39 is 27.7 Å². The SMILES string of the molecule is CCOC(=O)Cn1c(=NC(=O)c2ccc(NS(=O)(=O)c3ccc(F)cc3)cc2)sc2cc(C(C)C)ccc21. The standard InChI is InChI=1S/C27H26FN3O5S2/c1-4-36-25(32)16-31-23-14-7-19(17(2)3)15-24(23)37-27(31)29-26(33)18-5-10-21(11-6-18)30-38(34,35)22-12-8-20(28)9-13-22/h5-15,17,30H,4,16H2,1-3H3. The van der Waals surface area contributed by atoms with Crippen LogP contribution in [0.25, 0.3) is 10.2 Å². The van der Waals surface area contributed by atoms with Gasteiger partial charge in [0.15, 0.2) is 4.80 Å². The zero-order valence-corrected chi connectivity index (χ0v) is 22.6. The molecule has 38 heavy (non-hydrogen) atoms. The third-order valence-corrected chi connectivity index (χ3v) is 8.11. The van der Waals surface area contributed by atoms with Crippen LogP contribution in [-0.4, -0.2) is 31.5 Å². The molecule has 3 aromatic carbocycles. The molecule has 0 aliphatic rings.